The number of amides is 1. The van der Waals surface area contributed by atoms with Gasteiger partial charge in [0.1, 0.15) is 11.6 Å². The summed E-state index contributed by atoms with van der Waals surface area (Å²) in [6, 6.07) is 17.8. The number of carbonyl (C=O) groups is 1. The maximum atomic E-state index is 13.2. The van der Waals surface area contributed by atoms with E-state index in [9.17, 15) is 9.18 Å². The van der Waals surface area contributed by atoms with Crippen LogP contribution in [0.5, 0.6) is 0 Å². The molecule has 0 saturated carbocycles. The smallest absolute Gasteiger partial charge is 0.223 e. The van der Waals surface area contributed by atoms with Gasteiger partial charge in [-0.25, -0.2) is 4.39 Å². The molecule has 1 aliphatic heterocycles. The van der Waals surface area contributed by atoms with Crippen LogP contribution < -0.4 is 10.2 Å². The van der Waals surface area contributed by atoms with Gasteiger partial charge in [-0.2, -0.15) is 4.52 Å². The van der Waals surface area contributed by atoms with E-state index in [0.29, 0.717) is 54.8 Å². The average molecular weight is 494 g/mol. The number of fused-ring (bicyclic) bond motifs is 1. The molecule has 1 aliphatic rings. The zero-order chi connectivity index (χ0) is 24.2. The second kappa shape index (κ2) is 10.3. The lowest BCUT2D eigenvalue weighted by Gasteiger charge is -2.36. The van der Waals surface area contributed by atoms with Crippen molar-refractivity contribution >= 4 is 34.7 Å². The first-order chi connectivity index (χ1) is 17.0. The highest BCUT2D eigenvalue weighted by Crippen LogP contribution is 2.18. The lowest BCUT2D eigenvalue weighted by molar-refractivity contribution is -0.131. The minimum atomic E-state index is -0.248. The zero-order valence-electron chi connectivity index (χ0n) is 19.1. The van der Waals surface area contributed by atoms with Crippen molar-refractivity contribution in [3.63, 3.8) is 0 Å². The van der Waals surface area contributed by atoms with Gasteiger partial charge in [-0.3, -0.25) is 4.79 Å². The molecule has 0 unspecified atom stereocenters. The molecule has 4 aromatic rings. The predicted molar refractivity (Wildman–Crippen MR) is 133 cm³/mol. The van der Waals surface area contributed by atoms with Crippen LogP contribution in [0.25, 0.3) is 5.65 Å². The second-order valence-corrected chi connectivity index (χ2v) is 8.87. The van der Waals surface area contributed by atoms with E-state index in [4.69, 9.17) is 11.6 Å². The van der Waals surface area contributed by atoms with Gasteiger partial charge in [0, 0.05) is 56.3 Å². The van der Waals surface area contributed by atoms with E-state index < -0.39 is 0 Å². The maximum Gasteiger partial charge on any atom is 0.223 e. The molecule has 0 atom stereocenters. The Labute approximate surface area is 207 Å². The van der Waals surface area contributed by atoms with Crippen LogP contribution in [0.1, 0.15) is 17.8 Å². The summed E-state index contributed by atoms with van der Waals surface area (Å²) in [6.45, 7) is 3.31. The molecule has 2 aromatic carbocycles. The first-order valence-electron chi connectivity index (χ1n) is 11.5. The van der Waals surface area contributed by atoms with Crippen LogP contribution in [0.4, 0.5) is 15.9 Å². The zero-order valence-corrected chi connectivity index (χ0v) is 19.8. The van der Waals surface area contributed by atoms with Gasteiger partial charge in [-0.05, 0) is 54.1 Å². The van der Waals surface area contributed by atoms with Gasteiger partial charge in [0.2, 0.25) is 5.91 Å². The Hall–Kier alpha value is -3.72. The number of nitrogens with zero attached hydrogens (tertiary/aromatic N) is 6. The number of halogens is 2. The highest BCUT2D eigenvalue weighted by Gasteiger charge is 2.22. The molecule has 3 heterocycles. The van der Waals surface area contributed by atoms with Crippen LogP contribution in [-0.2, 0) is 17.8 Å². The topological polar surface area (TPSA) is 78.7 Å². The van der Waals surface area contributed by atoms with Crippen LogP contribution in [0.3, 0.4) is 0 Å². The molecular formula is C25H25ClFN7O. The normalized spacial score (nSPS) is 13.9. The number of rotatable bonds is 7. The van der Waals surface area contributed by atoms with Crippen LogP contribution in [0, 0.1) is 5.82 Å². The van der Waals surface area contributed by atoms with Gasteiger partial charge in [0.15, 0.2) is 11.5 Å². The maximum absolute atomic E-state index is 13.2. The number of piperazine rings is 1. The molecular weight excluding hydrogens is 469 g/mol. The molecule has 1 saturated heterocycles. The molecule has 8 nitrogen and oxygen atoms in total. The van der Waals surface area contributed by atoms with E-state index in [-0.39, 0.29) is 11.7 Å². The summed E-state index contributed by atoms with van der Waals surface area (Å²) in [4.78, 5) is 16.9. The fourth-order valence-corrected chi connectivity index (χ4v) is 4.25. The van der Waals surface area contributed by atoms with E-state index in [1.807, 2.05) is 41.3 Å². The SMILES string of the molecule is O=C(CCc1nnc2ccc(NCc3ccc(Cl)cc3)nn12)N1CCN(c2ccc(F)cc2)CC1. The lowest BCUT2D eigenvalue weighted by atomic mass is 10.2. The van der Waals surface area contributed by atoms with Crippen molar-refractivity contribution in [2.75, 3.05) is 36.4 Å². The molecule has 0 radical (unpaired) electrons. The number of nitrogens with one attached hydrogen (secondary N) is 1. The van der Waals surface area contributed by atoms with Crippen molar-refractivity contribution in [1.82, 2.24) is 24.7 Å². The van der Waals surface area contributed by atoms with Gasteiger partial charge in [-0.15, -0.1) is 15.3 Å². The third-order valence-electron chi connectivity index (χ3n) is 6.10. The number of hydrogen-bond donors (Lipinski definition) is 1. The largest absolute Gasteiger partial charge is 0.368 e. The number of anilines is 2. The second-order valence-electron chi connectivity index (χ2n) is 8.43. The van der Waals surface area contributed by atoms with Crippen molar-refractivity contribution in [1.29, 1.82) is 0 Å². The number of aryl methyl sites for hydroxylation is 1. The summed E-state index contributed by atoms with van der Waals surface area (Å²) in [5.41, 5.74) is 2.70. The highest BCUT2D eigenvalue weighted by atomic mass is 35.5. The molecule has 0 aliphatic carbocycles. The van der Waals surface area contributed by atoms with Gasteiger partial charge in [0.25, 0.3) is 0 Å². The van der Waals surface area contributed by atoms with Crippen molar-refractivity contribution < 1.29 is 9.18 Å². The van der Waals surface area contributed by atoms with E-state index >= 15 is 0 Å². The van der Waals surface area contributed by atoms with Crippen molar-refractivity contribution in [3.05, 3.63) is 82.9 Å². The van der Waals surface area contributed by atoms with Gasteiger partial charge in [-0.1, -0.05) is 23.7 Å². The summed E-state index contributed by atoms with van der Waals surface area (Å²) < 4.78 is 14.9. The van der Waals surface area contributed by atoms with Crippen LogP contribution in [0.2, 0.25) is 5.02 Å². The van der Waals surface area contributed by atoms with Gasteiger partial charge < -0.3 is 15.1 Å². The molecule has 1 amide bonds. The van der Waals surface area contributed by atoms with E-state index in [1.54, 1.807) is 16.6 Å². The Morgan fingerprint density at radius 1 is 0.943 bits per heavy atom. The monoisotopic (exact) mass is 493 g/mol. The number of benzene rings is 2. The van der Waals surface area contributed by atoms with Crippen LogP contribution >= 0.6 is 11.6 Å². The van der Waals surface area contributed by atoms with Crippen molar-refractivity contribution in [3.8, 4) is 0 Å². The van der Waals surface area contributed by atoms with E-state index in [1.165, 1.54) is 12.1 Å². The summed E-state index contributed by atoms with van der Waals surface area (Å²) in [5, 5.41) is 17.0. The van der Waals surface area contributed by atoms with Crippen molar-refractivity contribution in [2.24, 2.45) is 0 Å². The quantitative estimate of drug-likeness (QED) is 0.422. The number of carbonyl (C=O) groups excluding carboxylic acids is 1. The molecule has 2 aromatic heterocycles. The average Bonchev–Trinajstić information content (AvgIpc) is 3.30. The summed E-state index contributed by atoms with van der Waals surface area (Å²) >= 11 is 5.95. The first kappa shape index (κ1) is 23.0. The number of hydrogen-bond acceptors (Lipinski definition) is 6. The standard InChI is InChI=1S/C25H25ClFN7O/c26-19-3-1-18(2-4-19)17-28-22-9-10-23-29-30-24(34(23)31-22)11-12-25(35)33-15-13-32(14-16-33)21-7-5-20(27)6-8-21/h1-10H,11-17H2,(H,28,31). The van der Waals surface area contributed by atoms with E-state index in [0.717, 1.165) is 24.3 Å². The minimum Gasteiger partial charge on any atom is -0.368 e. The lowest BCUT2D eigenvalue weighted by Crippen LogP contribution is -2.48. The summed E-state index contributed by atoms with van der Waals surface area (Å²) in [5.74, 6) is 1.17. The Kier molecular flexibility index (Phi) is 6.76. The van der Waals surface area contributed by atoms with Gasteiger partial charge in [0.05, 0.1) is 0 Å². The molecule has 1 N–H and O–H groups in total. The molecule has 5 rings (SSSR count). The summed E-state index contributed by atoms with van der Waals surface area (Å²) in [7, 11) is 0. The highest BCUT2D eigenvalue weighted by molar-refractivity contribution is 6.30. The minimum absolute atomic E-state index is 0.0810. The fourth-order valence-electron chi connectivity index (χ4n) is 4.12. The Morgan fingerprint density at radius 3 is 2.43 bits per heavy atom. The molecule has 0 bridgehead atoms. The van der Waals surface area contributed by atoms with Crippen molar-refractivity contribution in [2.45, 2.75) is 19.4 Å². The molecule has 0 spiro atoms. The molecule has 180 valence electrons. The molecule has 10 heteroatoms. The van der Waals surface area contributed by atoms with Gasteiger partial charge >= 0.3 is 0 Å². The van der Waals surface area contributed by atoms with Crippen LogP contribution in [0.15, 0.2) is 60.7 Å². The molecule has 35 heavy (non-hydrogen) atoms. The Bertz CT molecular complexity index is 1300. The first-order valence-corrected chi connectivity index (χ1v) is 11.9. The fraction of sp³-hybridized carbons (Fsp3) is 0.280. The Balaban J connectivity index is 1.16. The molecule has 1 fully saturated rings. The third-order valence-corrected chi connectivity index (χ3v) is 6.35. The number of aromatic nitrogens is 4. The summed E-state index contributed by atoms with van der Waals surface area (Å²) in [6.07, 6.45) is 0.785. The van der Waals surface area contributed by atoms with E-state index in [2.05, 4.69) is 25.5 Å². The Morgan fingerprint density at radius 2 is 1.69 bits per heavy atom. The third kappa shape index (κ3) is 5.51. The predicted octanol–water partition coefficient (Wildman–Crippen LogP) is 3.81. The van der Waals surface area contributed by atoms with Crippen LogP contribution in [-0.4, -0.2) is 56.8 Å².